The Balaban J connectivity index is 2.12. The van der Waals surface area contributed by atoms with Crippen LogP contribution in [0.2, 0.25) is 0 Å². The number of carbonyl (C=O) groups is 2. The minimum Gasteiger partial charge on any atom is -0.478 e. The van der Waals surface area contributed by atoms with Crippen LogP contribution in [-0.2, 0) is 6.18 Å². The molecule has 0 bridgehead atoms. The third-order valence-corrected chi connectivity index (χ3v) is 5.30. The van der Waals surface area contributed by atoms with Gasteiger partial charge in [-0.3, -0.25) is 9.78 Å². The molecule has 30 heavy (non-hydrogen) atoms. The summed E-state index contributed by atoms with van der Waals surface area (Å²) >= 11 is 0. The van der Waals surface area contributed by atoms with Crippen molar-refractivity contribution in [2.24, 2.45) is 0 Å². The van der Waals surface area contributed by atoms with Crippen molar-refractivity contribution in [2.75, 3.05) is 0 Å². The number of hydrogen-bond acceptors (Lipinski definition) is 3. The zero-order valence-corrected chi connectivity index (χ0v) is 16.5. The van der Waals surface area contributed by atoms with Crippen molar-refractivity contribution in [1.82, 2.24) is 9.88 Å². The van der Waals surface area contributed by atoms with Crippen molar-refractivity contribution in [2.45, 2.75) is 51.4 Å². The summed E-state index contributed by atoms with van der Waals surface area (Å²) in [6.45, 7) is 5.12. The fourth-order valence-corrected chi connectivity index (χ4v) is 4.02. The molecule has 1 heterocycles. The Hall–Kier alpha value is -2.97. The van der Waals surface area contributed by atoms with E-state index < -0.39 is 52.8 Å². The van der Waals surface area contributed by atoms with Crippen LogP contribution in [0.1, 0.15) is 76.7 Å². The monoisotopic (exact) mass is 424 g/mol. The van der Waals surface area contributed by atoms with Crippen LogP contribution >= 0.6 is 0 Å². The molecule has 1 amide bonds. The van der Waals surface area contributed by atoms with Crippen LogP contribution < -0.4 is 0 Å². The van der Waals surface area contributed by atoms with E-state index in [2.05, 4.69) is 4.98 Å². The van der Waals surface area contributed by atoms with Gasteiger partial charge in [0.05, 0.1) is 17.2 Å². The van der Waals surface area contributed by atoms with Crippen molar-refractivity contribution < 1.29 is 32.3 Å². The Kier molecular flexibility index (Phi) is 5.58. The molecule has 2 atom stereocenters. The molecule has 9 heteroatoms. The van der Waals surface area contributed by atoms with Gasteiger partial charge in [-0.15, -0.1) is 0 Å². The number of carboxylic acid groups (broad SMARTS) is 1. The molecule has 0 radical (unpaired) electrons. The third-order valence-electron chi connectivity index (χ3n) is 5.30. The van der Waals surface area contributed by atoms with Gasteiger partial charge in [0, 0.05) is 12.2 Å². The van der Waals surface area contributed by atoms with Crippen molar-refractivity contribution in [3.8, 4) is 0 Å². The number of aromatic nitrogens is 1. The molecule has 160 valence electrons. The van der Waals surface area contributed by atoms with E-state index in [9.17, 15) is 32.3 Å². The average molecular weight is 424 g/mol. The Morgan fingerprint density at radius 1 is 1.20 bits per heavy atom. The second kappa shape index (κ2) is 7.70. The summed E-state index contributed by atoms with van der Waals surface area (Å²) in [7, 11) is 0. The number of carboxylic acids is 1. The summed E-state index contributed by atoms with van der Waals surface area (Å²) in [5.74, 6) is -3.41. The zero-order valence-electron chi connectivity index (χ0n) is 16.5. The van der Waals surface area contributed by atoms with Crippen LogP contribution in [0.5, 0.6) is 0 Å². The minimum absolute atomic E-state index is 0.202. The number of hydrogen-bond donors (Lipinski definition) is 1. The summed E-state index contributed by atoms with van der Waals surface area (Å²) in [4.78, 5) is 29.2. The normalized spacial score (nSPS) is 18.4. The lowest BCUT2D eigenvalue weighted by atomic mass is 9.99. The molecule has 3 rings (SSSR count). The summed E-state index contributed by atoms with van der Waals surface area (Å²) in [5, 5.41) is 9.26. The van der Waals surface area contributed by atoms with Crippen LogP contribution in [0.15, 0.2) is 30.5 Å². The van der Waals surface area contributed by atoms with E-state index in [1.54, 1.807) is 20.8 Å². The van der Waals surface area contributed by atoms with Gasteiger partial charge in [0.15, 0.2) is 5.69 Å². The fourth-order valence-electron chi connectivity index (χ4n) is 4.02. The maximum atomic E-state index is 14.2. The highest BCUT2D eigenvalue weighted by atomic mass is 19.4. The number of carbonyl (C=O) groups excluding carboxylic acids is 1. The summed E-state index contributed by atoms with van der Waals surface area (Å²) < 4.78 is 54.4. The molecule has 1 aliphatic rings. The Morgan fingerprint density at radius 3 is 2.43 bits per heavy atom. The van der Waals surface area contributed by atoms with Gasteiger partial charge >= 0.3 is 12.1 Å². The summed E-state index contributed by atoms with van der Waals surface area (Å²) in [6.07, 6.45) is -3.51. The first kappa shape index (κ1) is 21.7. The van der Waals surface area contributed by atoms with Crippen LogP contribution in [0, 0.1) is 5.82 Å². The number of aromatic carboxylic acids is 1. The molecule has 0 spiro atoms. The Morgan fingerprint density at radius 2 is 1.87 bits per heavy atom. The van der Waals surface area contributed by atoms with Gasteiger partial charge in [0.25, 0.3) is 5.91 Å². The number of nitrogens with zero attached hydrogens (tertiary/aromatic N) is 2. The van der Waals surface area contributed by atoms with Crippen LogP contribution in [0.25, 0.3) is 0 Å². The molecule has 2 aromatic rings. The number of benzene rings is 1. The highest BCUT2D eigenvalue weighted by molar-refractivity contribution is 5.96. The van der Waals surface area contributed by atoms with Gasteiger partial charge in [-0.25, -0.2) is 9.18 Å². The molecule has 0 saturated heterocycles. The third kappa shape index (κ3) is 3.76. The highest BCUT2D eigenvalue weighted by Crippen LogP contribution is 2.45. The number of pyridine rings is 1. The Labute approximate surface area is 170 Å². The first-order chi connectivity index (χ1) is 13.9. The molecular formula is C21H20F4N2O3. The molecule has 1 aromatic carbocycles. The molecular weight excluding hydrogens is 404 g/mol. The van der Waals surface area contributed by atoms with E-state index in [1.165, 1.54) is 17.0 Å². The van der Waals surface area contributed by atoms with Gasteiger partial charge < -0.3 is 10.0 Å². The van der Waals surface area contributed by atoms with E-state index in [0.29, 0.717) is 17.5 Å². The van der Waals surface area contributed by atoms with Crippen LogP contribution in [0.4, 0.5) is 17.6 Å². The van der Waals surface area contributed by atoms with E-state index in [-0.39, 0.29) is 5.92 Å². The smallest absolute Gasteiger partial charge is 0.434 e. The molecule has 1 N–H and O–H groups in total. The first-order valence-electron chi connectivity index (χ1n) is 9.35. The summed E-state index contributed by atoms with van der Waals surface area (Å²) in [6, 6.07) is 3.45. The summed E-state index contributed by atoms with van der Waals surface area (Å²) in [5.41, 5.74) is -1.43. The van der Waals surface area contributed by atoms with Crippen LogP contribution in [-0.4, -0.2) is 32.9 Å². The highest BCUT2D eigenvalue weighted by Gasteiger charge is 2.42. The molecule has 0 saturated carbocycles. The molecule has 1 unspecified atom stereocenters. The zero-order chi connectivity index (χ0) is 22.4. The first-order valence-corrected chi connectivity index (χ1v) is 9.35. The lowest BCUT2D eigenvalue weighted by Crippen LogP contribution is -2.40. The standard InChI is InChI=1S/C21H20F4N2O3/c1-10(2)27(19(28)12-5-4-6-26-18(12)21(23,24)25)17-7-11(3)13-9-16(22)15(20(29)30)8-14(13)17/h4-6,8-11,17H,7H2,1-3H3,(H,29,30)/t11-,17?/m1/s1. The predicted molar refractivity (Wildman–Crippen MR) is 99.7 cm³/mol. The maximum Gasteiger partial charge on any atom is 0.434 e. The van der Waals surface area contributed by atoms with E-state index in [0.717, 1.165) is 18.3 Å². The molecule has 1 aliphatic carbocycles. The number of fused-ring (bicyclic) bond motifs is 1. The SMILES string of the molecule is CC(C)N(C(=O)c1cccnc1C(F)(F)F)C1C[C@@H](C)c2cc(F)c(C(=O)O)cc21. The average Bonchev–Trinajstić information content (AvgIpc) is 2.95. The van der Waals surface area contributed by atoms with Crippen molar-refractivity contribution in [1.29, 1.82) is 0 Å². The Bertz CT molecular complexity index is 1000. The molecule has 0 aliphatic heterocycles. The van der Waals surface area contributed by atoms with Gasteiger partial charge in [0.2, 0.25) is 0 Å². The minimum atomic E-state index is -4.81. The van der Waals surface area contributed by atoms with Gasteiger partial charge in [0.1, 0.15) is 5.82 Å². The largest absolute Gasteiger partial charge is 0.478 e. The van der Waals surface area contributed by atoms with Gasteiger partial charge in [-0.05, 0) is 61.6 Å². The van der Waals surface area contributed by atoms with Gasteiger partial charge in [-0.1, -0.05) is 6.92 Å². The van der Waals surface area contributed by atoms with E-state index >= 15 is 0 Å². The van der Waals surface area contributed by atoms with Crippen molar-refractivity contribution >= 4 is 11.9 Å². The lowest BCUT2D eigenvalue weighted by Gasteiger charge is -2.34. The topological polar surface area (TPSA) is 70.5 Å². The number of amides is 1. The fraction of sp³-hybridized carbons (Fsp3) is 0.381. The number of halogens is 4. The second-order valence-corrected chi connectivity index (χ2v) is 7.62. The number of alkyl halides is 3. The quantitative estimate of drug-likeness (QED) is 0.699. The lowest BCUT2D eigenvalue weighted by molar-refractivity contribution is -0.141. The molecule has 0 fully saturated rings. The number of rotatable bonds is 4. The maximum absolute atomic E-state index is 14.2. The molecule has 5 nitrogen and oxygen atoms in total. The van der Waals surface area contributed by atoms with Crippen molar-refractivity contribution in [3.63, 3.8) is 0 Å². The van der Waals surface area contributed by atoms with Crippen molar-refractivity contribution in [3.05, 3.63) is 64.2 Å². The van der Waals surface area contributed by atoms with E-state index in [1.807, 2.05) is 0 Å². The second-order valence-electron chi connectivity index (χ2n) is 7.62. The molecule has 1 aromatic heterocycles. The van der Waals surface area contributed by atoms with Crippen LogP contribution in [0.3, 0.4) is 0 Å². The van der Waals surface area contributed by atoms with E-state index in [4.69, 9.17) is 0 Å². The van der Waals surface area contributed by atoms with Gasteiger partial charge in [-0.2, -0.15) is 13.2 Å². The predicted octanol–water partition coefficient (Wildman–Crippen LogP) is 5.04.